The first-order valence-electron chi connectivity index (χ1n) is 7.45. The zero-order valence-electron chi connectivity index (χ0n) is 13.3. The third kappa shape index (κ3) is 4.20. The van der Waals surface area contributed by atoms with Crippen LogP contribution in [0.25, 0.3) is 11.4 Å². The van der Waals surface area contributed by atoms with Crippen molar-refractivity contribution < 1.29 is 14.6 Å². The fourth-order valence-corrected chi connectivity index (χ4v) is 2.33. The van der Waals surface area contributed by atoms with E-state index in [1.54, 1.807) is 31.2 Å². The molecule has 1 aromatic heterocycles. The molecule has 23 heavy (non-hydrogen) atoms. The normalized spacial score (nSPS) is 10.8. The zero-order chi connectivity index (χ0) is 17.0. The Hall–Kier alpha value is -2.14. The lowest BCUT2D eigenvalue weighted by Gasteiger charge is -2.14. The summed E-state index contributed by atoms with van der Waals surface area (Å²) < 4.78 is 5.45. The lowest BCUT2D eigenvalue weighted by atomic mass is 10.0. The summed E-state index contributed by atoms with van der Waals surface area (Å²) in [5, 5.41) is 10.1. The number of halogens is 1. The highest BCUT2D eigenvalue weighted by molar-refractivity contribution is 6.30. The SMILES string of the molecule is CCOc1nc(-c2ccc(Cl)cc2)nc(CC(C)C)c1C(=O)O. The number of rotatable bonds is 6. The van der Waals surface area contributed by atoms with Crippen LogP contribution in [0.4, 0.5) is 0 Å². The van der Waals surface area contributed by atoms with Gasteiger partial charge in [0.05, 0.1) is 12.3 Å². The van der Waals surface area contributed by atoms with E-state index in [1.807, 2.05) is 13.8 Å². The fourth-order valence-electron chi connectivity index (χ4n) is 2.20. The summed E-state index contributed by atoms with van der Waals surface area (Å²) in [5.74, 6) is -0.274. The lowest BCUT2D eigenvalue weighted by molar-refractivity contribution is 0.0689. The third-order valence-electron chi connectivity index (χ3n) is 3.15. The molecule has 1 N–H and O–H groups in total. The summed E-state index contributed by atoms with van der Waals surface area (Å²) in [6, 6.07) is 7.08. The lowest BCUT2D eigenvalue weighted by Crippen LogP contribution is -2.13. The van der Waals surface area contributed by atoms with Crippen molar-refractivity contribution in [3.8, 4) is 17.3 Å². The van der Waals surface area contributed by atoms with E-state index in [4.69, 9.17) is 16.3 Å². The van der Waals surface area contributed by atoms with Gasteiger partial charge in [0, 0.05) is 10.6 Å². The molecule has 2 rings (SSSR count). The van der Waals surface area contributed by atoms with Crippen molar-refractivity contribution in [3.63, 3.8) is 0 Å². The minimum atomic E-state index is -1.08. The van der Waals surface area contributed by atoms with Crippen molar-refractivity contribution in [2.75, 3.05) is 6.61 Å². The maximum Gasteiger partial charge on any atom is 0.343 e. The molecular weight excluding hydrogens is 316 g/mol. The van der Waals surface area contributed by atoms with Crippen molar-refractivity contribution in [1.82, 2.24) is 9.97 Å². The Morgan fingerprint density at radius 3 is 2.43 bits per heavy atom. The second-order valence-electron chi connectivity index (χ2n) is 5.52. The van der Waals surface area contributed by atoms with Gasteiger partial charge in [-0.15, -0.1) is 0 Å². The molecule has 122 valence electrons. The van der Waals surface area contributed by atoms with E-state index in [0.717, 1.165) is 5.56 Å². The van der Waals surface area contributed by atoms with Gasteiger partial charge in [0.1, 0.15) is 5.56 Å². The van der Waals surface area contributed by atoms with Crippen LogP contribution in [0.15, 0.2) is 24.3 Å². The average Bonchev–Trinajstić information content (AvgIpc) is 2.47. The van der Waals surface area contributed by atoms with Crippen LogP contribution in [0.5, 0.6) is 5.88 Å². The number of hydrogen-bond acceptors (Lipinski definition) is 4. The number of nitrogens with zero attached hydrogens (tertiary/aromatic N) is 2. The van der Waals surface area contributed by atoms with E-state index in [2.05, 4.69) is 9.97 Å². The van der Waals surface area contributed by atoms with Crippen molar-refractivity contribution in [2.24, 2.45) is 5.92 Å². The largest absolute Gasteiger partial charge is 0.477 e. The van der Waals surface area contributed by atoms with Crippen LogP contribution in [0, 0.1) is 5.92 Å². The minimum absolute atomic E-state index is 0.0401. The van der Waals surface area contributed by atoms with Crippen molar-refractivity contribution >= 4 is 17.6 Å². The summed E-state index contributed by atoms with van der Waals surface area (Å²) in [5.41, 5.74) is 1.28. The van der Waals surface area contributed by atoms with E-state index in [0.29, 0.717) is 29.6 Å². The number of carbonyl (C=O) groups is 1. The first-order chi connectivity index (χ1) is 10.9. The summed E-state index contributed by atoms with van der Waals surface area (Å²) in [6.07, 6.45) is 0.533. The van der Waals surface area contributed by atoms with E-state index in [1.165, 1.54) is 0 Å². The Bertz CT molecular complexity index is 700. The molecule has 0 radical (unpaired) electrons. The maximum atomic E-state index is 11.6. The molecule has 1 aromatic carbocycles. The summed E-state index contributed by atoms with van der Waals surface area (Å²) in [6.45, 7) is 6.14. The molecule has 0 saturated heterocycles. The Balaban J connectivity index is 2.62. The molecule has 0 spiro atoms. The van der Waals surface area contributed by atoms with Gasteiger partial charge in [0.25, 0.3) is 0 Å². The molecule has 0 aliphatic heterocycles. The molecular formula is C17H19ClN2O3. The number of carboxylic acids is 1. The molecule has 2 aromatic rings. The molecule has 5 nitrogen and oxygen atoms in total. The second kappa shape index (κ2) is 7.42. The van der Waals surface area contributed by atoms with Gasteiger partial charge in [-0.2, -0.15) is 4.98 Å². The monoisotopic (exact) mass is 334 g/mol. The number of hydrogen-bond donors (Lipinski definition) is 1. The minimum Gasteiger partial charge on any atom is -0.477 e. The Morgan fingerprint density at radius 2 is 1.91 bits per heavy atom. The summed E-state index contributed by atoms with van der Waals surface area (Å²) in [4.78, 5) is 20.4. The van der Waals surface area contributed by atoms with Gasteiger partial charge in [0.2, 0.25) is 5.88 Å². The Morgan fingerprint density at radius 1 is 1.26 bits per heavy atom. The summed E-state index contributed by atoms with van der Waals surface area (Å²) in [7, 11) is 0. The third-order valence-corrected chi connectivity index (χ3v) is 3.40. The number of aromatic carboxylic acids is 1. The predicted molar refractivity (Wildman–Crippen MR) is 89.1 cm³/mol. The highest BCUT2D eigenvalue weighted by Gasteiger charge is 2.22. The van der Waals surface area contributed by atoms with Crippen LogP contribution in [-0.2, 0) is 6.42 Å². The molecule has 0 unspecified atom stereocenters. The Kier molecular flexibility index (Phi) is 5.55. The van der Waals surface area contributed by atoms with Gasteiger partial charge >= 0.3 is 5.97 Å². The van der Waals surface area contributed by atoms with Crippen molar-refractivity contribution in [2.45, 2.75) is 27.2 Å². The molecule has 0 fully saturated rings. The van der Waals surface area contributed by atoms with E-state index in [9.17, 15) is 9.90 Å². The molecule has 0 atom stereocenters. The van der Waals surface area contributed by atoms with E-state index in [-0.39, 0.29) is 17.4 Å². The highest BCUT2D eigenvalue weighted by Crippen LogP contribution is 2.27. The van der Waals surface area contributed by atoms with Crippen LogP contribution < -0.4 is 4.74 Å². The second-order valence-corrected chi connectivity index (χ2v) is 5.95. The van der Waals surface area contributed by atoms with Crippen molar-refractivity contribution in [3.05, 3.63) is 40.5 Å². The smallest absolute Gasteiger partial charge is 0.343 e. The molecule has 0 saturated carbocycles. The number of ether oxygens (including phenoxy) is 1. The maximum absolute atomic E-state index is 11.6. The molecule has 0 bridgehead atoms. The van der Waals surface area contributed by atoms with Gasteiger partial charge < -0.3 is 9.84 Å². The number of benzene rings is 1. The summed E-state index contributed by atoms with van der Waals surface area (Å²) >= 11 is 5.90. The molecule has 0 aliphatic carbocycles. The Labute approximate surface area is 140 Å². The predicted octanol–water partition coefficient (Wildman–Crippen LogP) is 4.09. The highest BCUT2D eigenvalue weighted by atomic mass is 35.5. The first kappa shape index (κ1) is 17.2. The van der Waals surface area contributed by atoms with E-state index < -0.39 is 5.97 Å². The van der Waals surface area contributed by atoms with E-state index >= 15 is 0 Å². The van der Waals surface area contributed by atoms with Gasteiger partial charge in [-0.25, -0.2) is 9.78 Å². The molecule has 0 aliphatic rings. The first-order valence-corrected chi connectivity index (χ1v) is 7.83. The van der Waals surface area contributed by atoms with Crippen LogP contribution in [-0.4, -0.2) is 27.7 Å². The van der Waals surface area contributed by atoms with Crippen LogP contribution in [0.2, 0.25) is 5.02 Å². The molecule has 0 amide bonds. The van der Waals surface area contributed by atoms with Gasteiger partial charge in [-0.05, 0) is 43.5 Å². The quantitative estimate of drug-likeness (QED) is 0.861. The zero-order valence-corrected chi connectivity index (χ0v) is 14.1. The van der Waals surface area contributed by atoms with Crippen LogP contribution >= 0.6 is 11.6 Å². The van der Waals surface area contributed by atoms with Crippen LogP contribution in [0.1, 0.15) is 36.8 Å². The number of aromatic nitrogens is 2. The topological polar surface area (TPSA) is 72.3 Å². The standard InChI is InChI=1S/C17H19ClN2O3/c1-4-23-16-14(17(21)22)13(9-10(2)3)19-15(20-16)11-5-7-12(18)8-6-11/h5-8,10H,4,9H2,1-3H3,(H,21,22). The van der Waals surface area contributed by atoms with Gasteiger partial charge in [-0.3, -0.25) is 0 Å². The average molecular weight is 335 g/mol. The van der Waals surface area contributed by atoms with Crippen LogP contribution in [0.3, 0.4) is 0 Å². The number of carboxylic acid groups (broad SMARTS) is 1. The van der Waals surface area contributed by atoms with Gasteiger partial charge in [0.15, 0.2) is 5.82 Å². The molecule has 1 heterocycles. The van der Waals surface area contributed by atoms with Crippen molar-refractivity contribution in [1.29, 1.82) is 0 Å². The fraction of sp³-hybridized carbons (Fsp3) is 0.353. The molecule has 6 heteroatoms. The van der Waals surface area contributed by atoms with Gasteiger partial charge in [-0.1, -0.05) is 25.4 Å².